The van der Waals surface area contributed by atoms with E-state index in [0.717, 1.165) is 22.1 Å². The zero-order chi connectivity index (χ0) is 43.7. The molecule has 16 heteroatoms. The van der Waals surface area contributed by atoms with Gasteiger partial charge in [-0.15, -0.1) is 0 Å². The highest BCUT2D eigenvalue weighted by atomic mass is 32.1. The Morgan fingerprint density at radius 3 is 2.38 bits per heavy atom. The van der Waals surface area contributed by atoms with Gasteiger partial charge in [-0.1, -0.05) is 31.2 Å². The van der Waals surface area contributed by atoms with Crippen LogP contribution < -0.4 is 19.9 Å². The number of Topliss-reactive ketones (excluding diaryl/α,β-unsaturated/α-hetero) is 1. The number of nitriles is 1. The molecule has 3 aliphatic rings. The van der Waals surface area contributed by atoms with E-state index in [2.05, 4.69) is 29.0 Å². The van der Waals surface area contributed by atoms with Crippen molar-refractivity contribution in [3.05, 3.63) is 88.2 Å². The van der Waals surface area contributed by atoms with E-state index in [1.165, 1.54) is 36.9 Å². The highest BCUT2D eigenvalue weighted by Crippen LogP contribution is 2.42. The number of rotatable bonds is 13. The summed E-state index contributed by atoms with van der Waals surface area (Å²) in [6.07, 6.45) is -3.01. The predicted molar refractivity (Wildman–Crippen MR) is 221 cm³/mol. The van der Waals surface area contributed by atoms with Gasteiger partial charge in [0.25, 0.3) is 5.91 Å². The van der Waals surface area contributed by atoms with Gasteiger partial charge in [-0.25, -0.2) is 4.39 Å². The molecule has 3 aromatic rings. The Bertz CT molecular complexity index is 2230. The van der Waals surface area contributed by atoms with Crippen LogP contribution in [0.3, 0.4) is 0 Å². The second kappa shape index (κ2) is 17.8. The smallest absolute Gasteiger partial charge is 0.417 e. The van der Waals surface area contributed by atoms with Crippen molar-refractivity contribution in [1.29, 1.82) is 5.26 Å². The van der Waals surface area contributed by atoms with Crippen molar-refractivity contribution in [1.82, 2.24) is 15.1 Å². The van der Waals surface area contributed by atoms with Crippen LogP contribution >= 0.6 is 12.2 Å². The zero-order valence-corrected chi connectivity index (χ0v) is 35.0. The SMILES string of the molecule is CCc1c(OCCN2C[C@@H](C)N(CC(=O)Cc3cccc(CC4CCC(=O)NC4=O)c3)[C@@H](C)C2)ccc(N2C(=S)N(c3ccc(C#N)c(C(F)(F)F)c3)C(=O)C2(C)C)c1F. The minimum Gasteiger partial charge on any atom is -0.492 e. The lowest BCUT2D eigenvalue weighted by Gasteiger charge is -2.44. The third-order valence-electron chi connectivity index (χ3n) is 11.6. The van der Waals surface area contributed by atoms with Gasteiger partial charge in [-0.2, -0.15) is 18.4 Å². The van der Waals surface area contributed by atoms with Gasteiger partial charge in [0, 0.05) is 56.0 Å². The molecule has 3 saturated heterocycles. The largest absolute Gasteiger partial charge is 0.492 e. The molecule has 11 nitrogen and oxygen atoms in total. The Balaban J connectivity index is 1.05. The second-order valence-electron chi connectivity index (χ2n) is 16.3. The van der Waals surface area contributed by atoms with E-state index >= 15 is 4.39 Å². The lowest BCUT2D eigenvalue weighted by atomic mass is 9.90. The lowest BCUT2D eigenvalue weighted by molar-refractivity contribution is -0.138. The van der Waals surface area contributed by atoms with Crippen LogP contribution in [0.2, 0.25) is 0 Å². The van der Waals surface area contributed by atoms with Crippen molar-refractivity contribution < 1.29 is 41.5 Å². The fraction of sp³-hybridized carbons (Fsp3) is 0.455. The van der Waals surface area contributed by atoms with Crippen LogP contribution in [0.4, 0.5) is 28.9 Å². The third kappa shape index (κ3) is 9.23. The number of hydrogen-bond donors (Lipinski definition) is 1. The van der Waals surface area contributed by atoms with Crippen LogP contribution in [0.1, 0.15) is 75.3 Å². The normalized spacial score (nSPS) is 21.3. The quantitative estimate of drug-likeness (QED) is 0.118. The molecule has 318 valence electrons. The van der Waals surface area contributed by atoms with E-state index in [1.54, 1.807) is 13.0 Å². The number of benzene rings is 3. The van der Waals surface area contributed by atoms with Crippen LogP contribution in [0.15, 0.2) is 54.6 Å². The van der Waals surface area contributed by atoms with Gasteiger partial charge in [-0.3, -0.25) is 39.2 Å². The van der Waals surface area contributed by atoms with Gasteiger partial charge in [-0.05, 0) is 101 Å². The molecule has 0 aromatic heterocycles. The van der Waals surface area contributed by atoms with Crippen molar-refractivity contribution in [3.63, 3.8) is 0 Å². The lowest BCUT2D eigenvalue weighted by Crippen LogP contribution is -2.58. The maximum Gasteiger partial charge on any atom is 0.417 e. The number of nitrogens with zero attached hydrogens (tertiary/aromatic N) is 5. The molecule has 3 fully saturated rings. The van der Waals surface area contributed by atoms with Gasteiger partial charge in [0.2, 0.25) is 11.8 Å². The number of halogens is 4. The Morgan fingerprint density at radius 1 is 1.03 bits per heavy atom. The molecule has 0 aliphatic carbocycles. The summed E-state index contributed by atoms with van der Waals surface area (Å²) in [4.78, 5) is 57.4. The van der Waals surface area contributed by atoms with Crippen molar-refractivity contribution in [2.24, 2.45) is 5.92 Å². The van der Waals surface area contributed by atoms with Crippen LogP contribution in [0.5, 0.6) is 5.75 Å². The molecule has 3 atom stereocenters. The second-order valence-corrected chi connectivity index (χ2v) is 16.6. The molecule has 0 saturated carbocycles. The first-order chi connectivity index (χ1) is 28.3. The van der Waals surface area contributed by atoms with E-state index in [-0.39, 0.29) is 83.6 Å². The fourth-order valence-corrected chi connectivity index (χ4v) is 8.99. The van der Waals surface area contributed by atoms with Gasteiger partial charge in [0.15, 0.2) is 16.7 Å². The number of carbonyl (C=O) groups is 4. The maximum absolute atomic E-state index is 16.4. The number of alkyl halides is 3. The number of piperidine rings is 1. The number of piperazine rings is 1. The van der Waals surface area contributed by atoms with Gasteiger partial charge < -0.3 is 9.64 Å². The summed E-state index contributed by atoms with van der Waals surface area (Å²) in [5.74, 6) is -1.70. The number of thiocarbonyl (C=S) groups is 1. The Labute approximate surface area is 352 Å². The predicted octanol–water partition coefficient (Wildman–Crippen LogP) is 6.38. The van der Waals surface area contributed by atoms with E-state index in [4.69, 9.17) is 17.0 Å². The van der Waals surface area contributed by atoms with Crippen molar-refractivity contribution in [2.45, 2.75) is 90.5 Å². The number of nitrogens with one attached hydrogen (secondary N) is 1. The molecule has 1 unspecified atom stereocenters. The Hall–Kier alpha value is -5.24. The fourth-order valence-electron chi connectivity index (χ4n) is 8.48. The minimum absolute atomic E-state index is 0.0250. The maximum atomic E-state index is 16.4. The number of ether oxygens (including phenoxy) is 1. The van der Waals surface area contributed by atoms with Crippen molar-refractivity contribution >= 4 is 52.2 Å². The number of hydrogen-bond acceptors (Lipinski definition) is 9. The molecule has 60 heavy (non-hydrogen) atoms. The number of carbonyl (C=O) groups excluding carboxylic acids is 4. The molecule has 3 amide bonds. The number of anilines is 2. The van der Waals surface area contributed by atoms with E-state index in [9.17, 15) is 37.6 Å². The summed E-state index contributed by atoms with van der Waals surface area (Å²) in [6, 6.07) is 15.3. The zero-order valence-electron chi connectivity index (χ0n) is 34.2. The molecule has 1 N–H and O–H groups in total. The van der Waals surface area contributed by atoms with Gasteiger partial charge >= 0.3 is 6.18 Å². The number of imide groups is 1. The summed E-state index contributed by atoms with van der Waals surface area (Å²) in [5, 5.41) is 11.4. The first-order valence-corrected chi connectivity index (χ1v) is 20.4. The van der Waals surface area contributed by atoms with Gasteiger partial charge in [0.05, 0.1) is 35.1 Å². The first kappa shape index (κ1) is 44.3. The highest BCUT2D eigenvalue weighted by Gasteiger charge is 2.51. The molecule has 3 aromatic carbocycles. The summed E-state index contributed by atoms with van der Waals surface area (Å²) in [5.41, 5.74) is -1.42. The highest BCUT2D eigenvalue weighted by molar-refractivity contribution is 7.81. The molecule has 0 spiro atoms. The first-order valence-electron chi connectivity index (χ1n) is 20.0. The van der Waals surface area contributed by atoms with E-state index in [0.29, 0.717) is 50.7 Å². The Morgan fingerprint density at radius 2 is 1.73 bits per heavy atom. The number of amides is 3. The minimum atomic E-state index is -4.86. The molecular weight excluding hydrogens is 801 g/mol. The van der Waals surface area contributed by atoms with Crippen LogP contribution in [-0.2, 0) is 44.6 Å². The monoisotopic (exact) mass is 848 g/mol. The number of ketones is 1. The summed E-state index contributed by atoms with van der Waals surface area (Å²) in [7, 11) is 0. The summed E-state index contributed by atoms with van der Waals surface area (Å²) < 4.78 is 63.9. The van der Waals surface area contributed by atoms with Crippen molar-refractivity contribution in [3.8, 4) is 11.8 Å². The summed E-state index contributed by atoms with van der Waals surface area (Å²) >= 11 is 5.62. The topological polar surface area (TPSA) is 126 Å². The van der Waals surface area contributed by atoms with E-state index < -0.39 is 34.6 Å². The summed E-state index contributed by atoms with van der Waals surface area (Å²) in [6.45, 7) is 11.4. The van der Waals surface area contributed by atoms with Crippen LogP contribution in [-0.4, -0.2) is 88.8 Å². The Kier molecular flexibility index (Phi) is 13.1. The standard InChI is InChI=1S/C44H48F4N6O5S/c1-6-34-37(14-13-36(39(34)45)54-42(60)53(41(58)43(54,4)5)32-12-10-31(22-49)35(21-32)44(46,47)48)59-17-16-51-23-26(2)52(27(3)24-51)25-33(55)20-29-9-7-8-28(18-29)19-30-11-15-38(56)50-40(30)57/h7-10,12-14,18,21,26-27,30H,6,11,15-17,19-20,23-25H2,1-5H3,(H,50,56,57)/t26-,27+,30?. The molecule has 3 heterocycles. The molecule has 0 bridgehead atoms. The van der Waals surface area contributed by atoms with Gasteiger partial charge in [0.1, 0.15) is 17.9 Å². The molecule has 3 aliphatic heterocycles. The molecule has 0 radical (unpaired) electrons. The van der Waals surface area contributed by atoms with Crippen LogP contribution in [0, 0.1) is 23.1 Å². The molecule has 6 rings (SSSR count). The molecular formula is C44H48F4N6O5S. The average Bonchev–Trinajstić information content (AvgIpc) is 3.35. The van der Waals surface area contributed by atoms with Crippen LogP contribution in [0.25, 0.3) is 0 Å². The van der Waals surface area contributed by atoms with Crippen molar-refractivity contribution in [2.75, 3.05) is 42.6 Å². The van der Waals surface area contributed by atoms with E-state index in [1.807, 2.05) is 24.3 Å². The third-order valence-corrected chi connectivity index (χ3v) is 11.9. The average molecular weight is 849 g/mol.